The predicted molar refractivity (Wildman–Crippen MR) is 117 cm³/mol. The Balaban J connectivity index is 1.46. The minimum Gasteiger partial charge on any atom is -0.455 e. The van der Waals surface area contributed by atoms with Gasteiger partial charge in [-0.2, -0.15) is 0 Å². The number of anilines is 3. The van der Waals surface area contributed by atoms with Crippen molar-refractivity contribution in [1.82, 2.24) is 9.97 Å². The van der Waals surface area contributed by atoms with Crippen LogP contribution in [-0.4, -0.2) is 15.9 Å². The molecule has 6 nitrogen and oxygen atoms in total. The maximum atomic E-state index is 12.5. The van der Waals surface area contributed by atoms with E-state index in [9.17, 15) is 4.79 Å². The molecule has 1 heterocycles. The van der Waals surface area contributed by atoms with Gasteiger partial charge in [0.05, 0.1) is 11.3 Å². The molecule has 3 aromatic carbocycles. The molecule has 0 spiro atoms. The molecule has 30 heavy (non-hydrogen) atoms. The van der Waals surface area contributed by atoms with Crippen LogP contribution >= 0.6 is 0 Å². The first-order chi connectivity index (χ1) is 14.7. The van der Waals surface area contributed by atoms with Gasteiger partial charge >= 0.3 is 0 Å². The molecule has 4 aromatic rings. The first-order valence-electron chi connectivity index (χ1n) is 9.47. The van der Waals surface area contributed by atoms with Gasteiger partial charge in [0.2, 0.25) is 5.95 Å². The number of carbonyl (C=O) groups excluding carboxylic acids is 1. The number of nitrogens with zero attached hydrogens (tertiary/aromatic N) is 2. The van der Waals surface area contributed by atoms with Gasteiger partial charge in [0.15, 0.2) is 5.75 Å². The lowest BCUT2D eigenvalue weighted by Gasteiger charge is -2.12. The highest BCUT2D eigenvalue weighted by Crippen LogP contribution is 2.30. The summed E-state index contributed by atoms with van der Waals surface area (Å²) in [5.41, 5.74) is 2.84. The van der Waals surface area contributed by atoms with Crippen molar-refractivity contribution in [3.05, 3.63) is 102 Å². The smallest absolute Gasteiger partial charge is 0.258 e. The van der Waals surface area contributed by atoms with E-state index in [1.807, 2.05) is 85.8 Å². The molecule has 0 aliphatic rings. The summed E-state index contributed by atoms with van der Waals surface area (Å²) in [6, 6.07) is 24.6. The van der Waals surface area contributed by atoms with Crippen molar-refractivity contribution in [3.8, 4) is 11.5 Å². The molecule has 6 heteroatoms. The van der Waals surface area contributed by atoms with E-state index in [-0.39, 0.29) is 5.91 Å². The number of benzene rings is 3. The molecule has 0 saturated heterocycles. The van der Waals surface area contributed by atoms with E-state index in [4.69, 9.17) is 4.74 Å². The molecule has 2 N–H and O–H groups in total. The van der Waals surface area contributed by atoms with Crippen molar-refractivity contribution in [1.29, 1.82) is 0 Å². The Hall–Kier alpha value is -4.19. The summed E-state index contributed by atoms with van der Waals surface area (Å²) in [6.45, 7) is 1.94. The van der Waals surface area contributed by atoms with Gasteiger partial charge in [-0.05, 0) is 42.8 Å². The highest BCUT2D eigenvalue weighted by Gasteiger charge is 2.10. The third kappa shape index (κ3) is 4.62. The minimum absolute atomic E-state index is 0.260. The van der Waals surface area contributed by atoms with Crippen LogP contribution in [0.4, 0.5) is 17.3 Å². The van der Waals surface area contributed by atoms with Crippen LogP contribution in [0.15, 0.2) is 91.3 Å². The minimum atomic E-state index is -0.260. The topological polar surface area (TPSA) is 76.1 Å². The fraction of sp³-hybridized carbons (Fsp3) is 0.0417. The van der Waals surface area contributed by atoms with E-state index in [1.165, 1.54) is 12.4 Å². The van der Waals surface area contributed by atoms with Crippen LogP contribution in [0.25, 0.3) is 0 Å². The number of aromatic nitrogens is 2. The Morgan fingerprint density at radius 1 is 0.800 bits per heavy atom. The fourth-order valence-electron chi connectivity index (χ4n) is 2.81. The van der Waals surface area contributed by atoms with Crippen molar-refractivity contribution < 1.29 is 9.53 Å². The molecule has 0 bridgehead atoms. The molecule has 1 amide bonds. The maximum Gasteiger partial charge on any atom is 0.258 e. The van der Waals surface area contributed by atoms with Gasteiger partial charge in [0, 0.05) is 18.1 Å². The average molecular weight is 396 g/mol. The maximum absolute atomic E-state index is 12.5. The van der Waals surface area contributed by atoms with Crippen LogP contribution in [-0.2, 0) is 0 Å². The van der Waals surface area contributed by atoms with E-state index in [1.54, 1.807) is 0 Å². The summed E-state index contributed by atoms with van der Waals surface area (Å²) in [7, 11) is 0. The molecular formula is C24H20N4O2. The van der Waals surface area contributed by atoms with Crippen LogP contribution < -0.4 is 15.4 Å². The third-order valence-corrected chi connectivity index (χ3v) is 4.41. The number of aryl methyl sites for hydroxylation is 1. The van der Waals surface area contributed by atoms with Crippen molar-refractivity contribution >= 4 is 23.2 Å². The fourth-order valence-corrected chi connectivity index (χ4v) is 2.81. The Morgan fingerprint density at radius 3 is 2.17 bits per heavy atom. The van der Waals surface area contributed by atoms with E-state index in [2.05, 4.69) is 20.6 Å². The van der Waals surface area contributed by atoms with Crippen molar-refractivity contribution in [2.75, 3.05) is 10.6 Å². The van der Waals surface area contributed by atoms with Gasteiger partial charge in [0.25, 0.3) is 5.91 Å². The second-order valence-corrected chi connectivity index (χ2v) is 6.60. The van der Waals surface area contributed by atoms with Crippen LogP contribution in [0.2, 0.25) is 0 Å². The molecule has 1 aromatic heterocycles. The molecule has 0 radical (unpaired) electrons. The third-order valence-electron chi connectivity index (χ3n) is 4.41. The second-order valence-electron chi connectivity index (χ2n) is 6.60. The van der Waals surface area contributed by atoms with Crippen LogP contribution in [0.1, 0.15) is 15.9 Å². The number of nitrogens with one attached hydrogen (secondary N) is 2. The molecule has 0 atom stereocenters. The molecule has 0 unspecified atom stereocenters. The molecule has 4 rings (SSSR count). The second kappa shape index (κ2) is 8.87. The summed E-state index contributed by atoms with van der Waals surface area (Å²) < 4.78 is 5.94. The quantitative estimate of drug-likeness (QED) is 0.445. The number of hydrogen-bond donors (Lipinski definition) is 2. The molecule has 0 aliphatic heterocycles. The van der Waals surface area contributed by atoms with Gasteiger partial charge in [-0.15, -0.1) is 0 Å². The number of para-hydroxylation sites is 4. The Bertz CT molecular complexity index is 1150. The van der Waals surface area contributed by atoms with Gasteiger partial charge < -0.3 is 15.4 Å². The normalized spacial score (nSPS) is 10.3. The van der Waals surface area contributed by atoms with Gasteiger partial charge in [0.1, 0.15) is 5.75 Å². The lowest BCUT2D eigenvalue weighted by molar-refractivity contribution is 0.102. The number of amides is 1. The number of rotatable bonds is 6. The van der Waals surface area contributed by atoms with Crippen LogP contribution in [0.3, 0.4) is 0 Å². The highest BCUT2D eigenvalue weighted by atomic mass is 16.5. The zero-order valence-corrected chi connectivity index (χ0v) is 16.4. The SMILES string of the molecule is Cc1ccccc1NC(=O)c1cnc(Nc2ccccc2Oc2ccccc2)nc1. The predicted octanol–water partition coefficient (Wildman–Crippen LogP) is 5.57. The van der Waals surface area contributed by atoms with Gasteiger partial charge in [-0.1, -0.05) is 48.5 Å². The Morgan fingerprint density at radius 2 is 1.43 bits per heavy atom. The summed E-state index contributed by atoms with van der Waals surface area (Å²) in [5, 5.41) is 6.01. The molecule has 0 fully saturated rings. The average Bonchev–Trinajstić information content (AvgIpc) is 2.78. The Kier molecular flexibility index (Phi) is 5.66. The summed E-state index contributed by atoms with van der Waals surface area (Å²) in [4.78, 5) is 21.0. The van der Waals surface area contributed by atoms with Gasteiger partial charge in [-0.3, -0.25) is 4.79 Å². The molecule has 0 aliphatic carbocycles. The standard InChI is InChI=1S/C24H20N4O2/c1-17-9-5-6-12-20(17)27-23(29)18-15-25-24(26-16-18)28-21-13-7-8-14-22(21)30-19-10-3-2-4-11-19/h2-16H,1H3,(H,27,29)(H,25,26,28). The lowest BCUT2D eigenvalue weighted by atomic mass is 10.2. The largest absolute Gasteiger partial charge is 0.455 e. The zero-order valence-electron chi connectivity index (χ0n) is 16.4. The lowest BCUT2D eigenvalue weighted by Crippen LogP contribution is -2.13. The van der Waals surface area contributed by atoms with Crippen LogP contribution in [0, 0.1) is 6.92 Å². The van der Waals surface area contributed by atoms with E-state index >= 15 is 0 Å². The van der Waals surface area contributed by atoms with E-state index in [0.29, 0.717) is 17.3 Å². The molecule has 0 saturated carbocycles. The highest BCUT2D eigenvalue weighted by molar-refractivity contribution is 6.04. The van der Waals surface area contributed by atoms with Crippen molar-refractivity contribution in [2.24, 2.45) is 0 Å². The number of ether oxygens (including phenoxy) is 1. The van der Waals surface area contributed by atoms with Crippen molar-refractivity contribution in [3.63, 3.8) is 0 Å². The van der Waals surface area contributed by atoms with Crippen LogP contribution in [0.5, 0.6) is 11.5 Å². The summed E-state index contributed by atoms with van der Waals surface area (Å²) >= 11 is 0. The first-order valence-corrected chi connectivity index (χ1v) is 9.47. The first kappa shape index (κ1) is 19.1. The van der Waals surface area contributed by atoms with Crippen molar-refractivity contribution in [2.45, 2.75) is 6.92 Å². The monoisotopic (exact) mass is 396 g/mol. The van der Waals surface area contributed by atoms with E-state index in [0.717, 1.165) is 22.7 Å². The molecule has 148 valence electrons. The van der Waals surface area contributed by atoms with Gasteiger partial charge in [-0.25, -0.2) is 9.97 Å². The number of hydrogen-bond acceptors (Lipinski definition) is 5. The van der Waals surface area contributed by atoms with E-state index < -0.39 is 0 Å². The summed E-state index contributed by atoms with van der Waals surface area (Å²) in [5.74, 6) is 1.49. The number of carbonyl (C=O) groups is 1. The zero-order chi connectivity index (χ0) is 20.8. The molecular weight excluding hydrogens is 376 g/mol. The Labute approximate surface area is 174 Å². The summed E-state index contributed by atoms with van der Waals surface area (Å²) in [6.07, 6.45) is 2.98.